The van der Waals surface area contributed by atoms with Gasteiger partial charge in [0.1, 0.15) is 17.5 Å². The summed E-state index contributed by atoms with van der Waals surface area (Å²) in [5.41, 5.74) is 4.61. The fourth-order valence-electron chi connectivity index (χ4n) is 5.36. The van der Waals surface area contributed by atoms with E-state index >= 15 is 0 Å². The van der Waals surface area contributed by atoms with E-state index in [-0.39, 0.29) is 12.2 Å². The van der Waals surface area contributed by atoms with Gasteiger partial charge in [-0.15, -0.1) is 0 Å². The molecule has 5 rings (SSSR count). The van der Waals surface area contributed by atoms with Crippen molar-refractivity contribution in [2.75, 3.05) is 38.8 Å². The molecule has 39 heavy (non-hydrogen) atoms. The number of hydrogen-bond donors (Lipinski definition) is 0. The fraction of sp³-hybridized carbons (Fsp3) is 0.367. The number of esters is 1. The average Bonchev–Trinajstić information content (AvgIpc) is 3.56. The highest BCUT2D eigenvalue weighted by molar-refractivity contribution is 7.07. The summed E-state index contributed by atoms with van der Waals surface area (Å²) in [6.07, 6.45) is 4.34. The van der Waals surface area contributed by atoms with Crippen molar-refractivity contribution >= 4 is 29.1 Å². The first-order valence-corrected chi connectivity index (χ1v) is 13.9. The van der Waals surface area contributed by atoms with Crippen LogP contribution < -0.4 is 29.3 Å². The highest BCUT2D eigenvalue weighted by Crippen LogP contribution is 2.37. The number of methoxy groups -OCH3 is 2. The van der Waals surface area contributed by atoms with Gasteiger partial charge in [-0.1, -0.05) is 17.4 Å². The molecule has 2 aliphatic heterocycles. The molecule has 0 bridgehead atoms. The van der Waals surface area contributed by atoms with Crippen LogP contribution in [0.5, 0.6) is 11.5 Å². The molecular formula is C30H33N3O5S. The number of allylic oxidation sites excluding steroid dienone is 1. The standard InChI is InChI=1S/C30H33N3O5S/c1-6-38-29(35)26-19(3)31-30-33(27(26)22-11-10-21(36-4)17-24(22)37-5)28(34)25(39-30)16-20-9-12-23(18(2)15-20)32-13-7-8-14-32/h9-12,15-17,27H,6-8,13-14H2,1-5H3/b25-16+/t27-/m0/s1. The second-order valence-electron chi connectivity index (χ2n) is 9.65. The molecule has 0 radical (unpaired) electrons. The quantitative estimate of drug-likeness (QED) is 0.420. The van der Waals surface area contributed by atoms with Gasteiger partial charge in [-0.05, 0) is 75.1 Å². The number of benzene rings is 2. The predicted molar refractivity (Wildman–Crippen MR) is 153 cm³/mol. The molecule has 0 aliphatic carbocycles. The van der Waals surface area contributed by atoms with Crippen molar-refractivity contribution in [3.8, 4) is 11.5 Å². The lowest BCUT2D eigenvalue weighted by Gasteiger charge is -2.26. The maximum absolute atomic E-state index is 14.0. The molecule has 1 saturated heterocycles. The van der Waals surface area contributed by atoms with E-state index in [1.165, 1.54) is 35.4 Å². The summed E-state index contributed by atoms with van der Waals surface area (Å²) in [6, 6.07) is 10.9. The topological polar surface area (TPSA) is 82.4 Å². The highest BCUT2D eigenvalue weighted by Gasteiger charge is 2.35. The van der Waals surface area contributed by atoms with Gasteiger partial charge < -0.3 is 19.1 Å². The van der Waals surface area contributed by atoms with Crippen LogP contribution in [0.4, 0.5) is 5.69 Å². The van der Waals surface area contributed by atoms with Gasteiger partial charge in [0.15, 0.2) is 4.80 Å². The zero-order valence-corrected chi connectivity index (χ0v) is 23.8. The number of hydrogen-bond acceptors (Lipinski definition) is 8. The normalized spacial score (nSPS) is 17.2. The van der Waals surface area contributed by atoms with Crippen molar-refractivity contribution < 1.29 is 19.0 Å². The van der Waals surface area contributed by atoms with Gasteiger partial charge in [0.25, 0.3) is 5.56 Å². The smallest absolute Gasteiger partial charge is 0.338 e. The Kier molecular flexibility index (Phi) is 7.61. The number of rotatable bonds is 7. The molecule has 204 valence electrons. The molecule has 1 fully saturated rings. The Morgan fingerprint density at radius 1 is 1.10 bits per heavy atom. The predicted octanol–water partition coefficient (Wildman–Crippen LogP) is 3.72. The van der Waals surface area contributed by atoms with Crippen LogP contribution in [0.2, 0.25) is 0 Å². The molecule has 0 unspecified atom stereocenters. The molecule has 0 N–H and O–H groups in total. The van der Waals surface area contributed by atoms with Crippen molar-refractivity contribution in [3.05, 3.63) is 84.0 Å². The largest absolute Gasteiger partial charge is 0.497 e. The van der Waals surface area contributed by atoms with Gasteiger partial charge in [0.2, 0.25) is 0 Å². The Bertz CT molecular complexity index is 1630. The van der Waals surface area contributed by atoms with E-state index in [1.807, 2.05) is 12.1 Å². The van der Waals surface area contributed by atoms with E-state index in [9.17, 15) is 9.59 Å². The lowest BCUT2D eigenvalue weighted by atomic mass is 9.95. The van der Waals surface area contributed by atoms with Crippen LogP contribution in [0, 0.1) is 6.92 Å². The summed E-state index contributed by atoms with van der Waals surface area (Å²) < 4.78 is 18.6. The Balaban J connectivity index is 1.66. The van der Waals surface area contributed by atoms with Crippen LogP contribution in [0.1, 0.15) is 49.4 Å². The molecule has 8 nitrogen and oxygen atoms in total. The minimum Gasteiger partial charge on any atom is -0.497 e. The minimum atomic E-state index is -0.761. The van der Waals surface area contributed by atoms with Gasteiger partial charge in [-0.3, -0.25) is 9.36 Å². The second-order valence-corrected chi connectivity index (χ2v) is 10.7. The number of carbonyl (C=O) groups excluding carboxylic acids is 1. The van der Waals surface area contributed by atoms with Gasteiger partial charge in [0, 0.05) is 30.4 Å². The third-order valence-electron chi connectivity index (χ3n) is 7.22. The van der Waals surface area contributed by atoms with E-state index in [0.717, 1.165) is 18.7 Å². The van der Waals surface area contributed by atoms with Crippen molar-refractivity contribution in [2.24, 2.45) is 4.99 Å². The number of carbonyl (C=O) groups is 1. The second kappa shape index (κ2) is 11.1. The molecule has 1 aromatic heterocycles. The minimum absolute atomic E-state index is 0.208. The Hall–Kier alpha value is -3.85. The van der Waals surface area contributed by atoms with Gasteiger partial charge in [0.05, 0.1) is 36.6 Å². The van der Waals surface area contributed by atoms with Crippen molar-refractivity contribution in [3.63, 3.8) is 0 Å². The number of anilines is 1. The highest BCUT2D eigenvalue weighted by atomic mass is 32.1. The Morgan fingerprint density at radius 2 is 1.87 bits per heavy atom. The molecule has 3 aromatic rings. The zero-order valence-electron chi connectivity index (χ0n) is 22.9. The molecule has 1 atom stereocenters. The maximum atomic E-state index is 14.0. The summed E-state index contributed by atoms with van der Waals surface area (Å²) >= 11 is 1.31. The van der Waals surface area contributed by atoms with Crippen molar-refractivity contribution in [1.82, 2.24) is 4.57 Å². The third kappa shape index (κ3) is 4.98. The average molecular weight is 548 g/mol. The first-order chi connectivity index (χ1) is 18.9. The van der Waals surface area contributed by atoms with Crippen molar-refractivity contribution in [1.29, 1.82) is 0 Å². The van der Waals surface area contributed by atoms with Crippen LogP contribution in [0.15, 0.2) is 57.5 Å². The summed E-state index contributed by atoms with van der Waals surface area (Å²) in [5, 5.41) is 0. The number of thiazole rings is 1. The summed E-state index contributed by atoms with van der Waals surface area (Å²) in [6.45, 7) is 8.00. The lowest BCUT2D eigenvalue weighted by molar-refractivity contribution is -0.139. The molecule has 9 heteroatoms. The van der Waals surface area contributed by atoms with Crippen LogP contribution in [0.25, 0.3) is 6.08 Å². The van der Waals surface area contributed by atoms with Crippen LogP contribution in [-0.4, -0.2) is 44.5 Å². The molecule has 2 aliphatic rings. The first-order valence-electron chi connectivity index (χ1n) is 13.1. The summed E-state index contributed by atoms with van der Waals surface area (Å²) in [5.74, 6) is 0.594. The number of ether oxygens (including phenoxy) is 3. The van der Waals surface area contributed by atoms with E-state index in [1.54, 1.807) is 44.8 Å². The zero-order chi connectivity index (χ0) is 27.7. The fourth-order valence-corrected chi connectivity index (χ4v) is 6.41. The van der Waals surface area contributed by atoms with E-state index < -0.39 is 12.0 Å². The number of fused-ring (bicyclic) bond motifs is 1. The first kappa shape index (κ1) is 26.7. The summed E-state index contributed by atoms with van der Waals surface area (Å²) in [7, 11) is 3.13. The number of aryl methyl sites for hydroxylation is 1. The Morgan fingerprint density at radius 3 is 2.54 bits per heavy atom. The van der Waals surface area contributed by atoms with Gasteiger partial charge >= 0.3 is 5.97 Å². The molecular weight excluding hydrogens is 514 g/mol. The molecule has 2 aromatic carbocycles. The van der Waals surface area contributed by atoms with Crippen LogP contribution >= 0.6 is 11.3 Å². The number of nitrogens with zero attached hydrogens (tertiary/aromatic N) is 3. The van der Waals surface area contributed by atoms with E-state index in [0.29, 0.717) is 37.7 Å². The van der Waals surface area contributed by atoms with Crippen LogP contribution in [0.3, 0.4) is 0 Å². The third-order valence-corrected chi connectivity index (χ3v) is 8.20. The SMILES string of the molecule is CCOC(=O)C1=C(C)N=c2s/c(=C/c3ccc(N4CCCC4)c(C)c3)c(=O)n2[C@H]1c1ccc(OC)cc1OC. The van der Waals surface area contributed by atoms with Crippen molar-refractivity contribution in [2.45, 2.75) is 39.7 Å². The molecule has 0 spiro atoms. The molecule has 0 amide bonds. The van der Waals surface area contributed by atoms with Gasteiger partial charge in [-0.25, -0.2) is 9.79 Å². The van der Waals surface area contributed by atoms with E-state index in [2.05, 4.69) is 35.0 Å². The summed E-state index contributed by atoms with van der Waals surface area (Å²) in [4.78, 5) is 34.7. The monoisotopic (exact) mass is 547 g/mol. The Labute approximate surface area is 231 Å². The van der Waals surface area contributed by atoms with Crippen LogP contribution in [-0.2, 0) is 9.53 Å². The van der Waals surface area contributed by atoms with E-state index in [4.69, 9.17) is 14.2 Å². The molecule has 3 heterocycles. The number of aromatic nitrogens is 1. The molecule has 0 saturated carbocycles. The maximum Gasteiger partial charge on any atom is 0.338 e. The lowest BCUT2D eigenvalue weighted by Crippen LogP contribution is -2.40. The van der Waals surface area contributed by atoms with Gasteiger partial charge in [-0.2, -0.15) is 0 Å².